The molecule has 0 atom stereocenters. The minimum absolute atomic E-state index is 0.0810. The van der Waals surface area contributed by atoms with E-state index in [1.54, 1.807) is 32.4 Å². The topological polar surface area (TPSA) is 75.6 Å². The van der Waals surface area contributed by atoms with Crippen LogP contribution < -0.4 is 28.4 Å². The number of hydrogen-bond donors (Lipinski definition) is 1. The number of ether oxygens (including phenoxy) is 6. The van der Waals surface area contributed by atoms with Crippen molar-refractivity contribution in [1.29, 1.82) is 0 Å². The SMILES string of the molecule is COc1cc2cc(O)c3cc(OC)c4c(c3c2c2c1OCO2)OCO4. The van der Waals surface area contributed by atoms with Crippen molar-refractivity contribution in [2.45, 2.75) is 0 Å². The fourth-order valence-electron chi connectivity index (χ4n) is 3.45. The summed E-state index contributed by atoms with van der Waals surface area (Å²) >= 11 is 0. The summed E-state index contributed by atoms with van der Waals surface area (Å²) in [7, 11) is 3.10. The molecule has 7 nitrogen and oxygen atoms in total. The molecule has 25 heavy (non-hydrogen) atoms. The van der Waals surface area contributed by atoms with E-state index in [9.17, 15) is 5.11 Å². The van der Waals surface area contributed by atoms with Gasteiger partial charge >= 0.3 is 0 Å². The molecule has 2 heterocycles. The lowest BCUT2D eigenvalue weighted by atomic mass is 9.98. The first-order valence-corrected chi connectivity index (χ1v) is 7.65. The zero-order valence-corrected chi connectivity index (χ0v) is 13.5. The van der Waals surface area contributed by atoms with Gasteiger partial charge in [0.05, 0.1) is 14.2 Å². The fraction of sp³-hybridized carbons (Fsp3) is 0.222. The summed E-state index contributed by atoms with van der Waals surface area (Å²) in [6.07, 6.45) is 0. The Hall–Kier alpha value is -3.22. The van der Waals surface area contributed by atoms with E-state index in [-0.39, 0.29) is 19.3 Å². The van der Waals surface area contributed by atoms with Crippen molar-refractivity contribution in [2.75, 3.05) is 27.8 Å². The molecular weight excluding hydrogens is 328 g/mol. The highest BCUT2D eigenvalue weighted by molar-refractivity contribution is 6.18. The molecule has 3 aromatic carbocycles. The summed E-state index contributed by atoms with van der Waals surface area (Å²) in [5.74, 6) is 3.24. The van der Waals surface area contributed by atoms with Crippen molar-refractivity contribution >= 4 is 21.5 Å². The molecule has 0 spiro atoms. The van der Waals surface area contributed by atoms with Crippen LogP contribution in [0.15, 0.2) is 18.2 Å². The van der Waals surface area contributed by atoms with Gasteiger partial charge in [-0.1, -0.05) is 0 Å². The molecule has 0 radical (unpaired) electrons. The zero-order valence-electron chi connectivity index (χ0n) is 13.5. The van der Waals surface area contributed by atoms with Gasteiger partial charge in [-0.2, -0.15) is 0 Å². The van der Waals surface area contributed by atoms with Crippen LogP contribution >= 0.6 is 0 Å². The monoisotopic (exact) mass is 342 g/mol. The third kappa shape index (κ3) is 1.75. The second-order valence-electron chi connectivity index (χ2n) is 5.70. The minimum atomic E-state index is 0.0810. The second-order valence-corrected chi connectivity index (χ2v) is 5.70. The number of phenolic OH excluding ortho intramolecular Hbond substituents is 1. The van der Waals surface area contributed by atoms with Gasteiger partial charge in [-0.05, 0) is 23.6 Å². The van der Waals surface area contributed by atoms with Crippen LogP contribution in [0.5, 0.6) is 40.2 Å². The summed E-state index contributed by atoms with van der Waals surface area (Å²) in [6.45, 7) is 0.181. The molecule has 128 valence electrons. The largest absolute Gasteiger partial charge is 0.507 e. The van der Waals surface area contributed by atoms with Crippen molar-refractivity contribution in [1.82, 2.24) is 0 Å². The molecule has 0 unspecified atom stereocenters. The predicted octanol–water partition coefficient (Wildman–Crippen LogP) is 3.17. The maximum Gasteiger partial charge on any atom is 0.231 e. The van der Waals surface area contributed by atoms with Crippen LogP contribution in [0, 0.1) is 0 Å². The van der Waals surface area contributed by atoms with Gasteiger partial charge in [0.25, 0.3) is 0 Å². The number of hydrogen-bond acceptors (Lipinski definition) is 7. The lowest BCUT2D eigenvalue weighted by Crippen LogP contribution is -1.94. The van der Waals surface area contributed by atoms with Gasteiger partial charge in [-0.25, -0.2) is 0 Å². The van der Waals surface area contributed by atoms with Crippen LogP contribution in [-0.4, -0.2) is 32.9 Å². The predicted molar refractivity (Wildman–Crippen MR) is 88.5 cm³/mol. The molecule has 0 aromatic heterocycles. The maximum atomic E-state index is 10.6. The number of methoxy groups -OCH3 is 2. The highest BCUT2D eigenvalue weighted by Crippen LogP contribution is 2.55. The number of benzene rings is 3. The summed E-state index contributed by atoms with van der Waals surface area (Å²) in [4.78, 5) is 0. The molecule has 0 fully saturated rings. The molecule has 0 saturated carbocycles. The van der Waals surface area contributed by atoms with Crippen LogP contribution in [0.25, 0.3) is 21.5 Å². The lowest BCUT2D eigenvalue weighted by molar-refractivity contribution is 0.171. The molecule has 0 saturated heterocycles. The van der Waals surface area contributed by atoms with Gasteiger partial charge in [0.1, 0.15) is 5.75 Å². The third-order valence-corrected chi connectivity index (χ3v) is 4.51. The highest BCUT2D eigenvalue weighted by Gasteiger charge is 2.30. The lowest BCUT2D eigenvalue weighted by Gasteiger charge is -2.14. The van der Waals surface area contributed by atoms with Gasteiger partial charge in [0.15, 0.2) is 23.0 Å². The van der Waals surface area contributed by atoms with Crippen LogP contribution in [0.3, 0.4) is 0 Å². The molecular formula is C18H14O7. The number of rotatable bonds is 2. The van der Waals surface area contributed by atoms with Crippen molar-refractivity contribution in [3.8, 4) is 40.2 Å². The van der Waals surface area contributed by atoms with E-state index < -0.39 is 0 Å². The third-order valence-electron chi connectivity index (χ3n) is 4.51. The van der Waals surface area contributed by atoms with E-state index in [0.717, 1.165) is 10.8 Å². The Morgan fingerprint density at radius 1 is 0.760 bits per heavy atom. The molecule has 7 heteroatoms. The van der Waals surface area contributed by atoms with Crippen LogP contribution in [0.2, 0.25) is 0 Å². The summed E-state index contributed by atoms with van der Waals surface area (Å²) in [5, 5.41) is 13.3. The van der Waals surface area contributed by atoms with Gasteiger partial charge in [-0.15, -0.1) is 0 Å². The second kappa shape index (κ2) is 4.89. The van der Waals surface area contributed by atoms with E-state index in [1.165, 1.54) is 0 Å². The average Bonchev–Trinajstić information content (AvgIpc) is 3.29. The first-order chi connectivity index (χ1) is 12.2. The number of aromatic hydroxyl groups is 1. The summed E-state index contributed by atoms with van der Waals surface area (Å²) < 4.78 is 33.3. The number of fused-ring (bicyclic) bond motifs is 7. The summed E-state index contributed by atoms with van der Waals surface area (Å²) in [6, 6.07) is 5.18. The fourth-order valence-corrected chi connectivity index (χ4v) is 3.45. The average molecular weight is 342 g/mol. The van der Waals surface area contributed by atoms with Crippen molar-refractivity contribution in [3.63, 3.8) is 0 Å². The van der Waals surface area contributed by atoms with Crippen LogP contribution in [0.1, 0.15) is 0 Å². The molecule has 2 aliphatic heterocycles. The highest BCUT2D eigenvalue weighted by atomic mass is 16.7. The quantitative estimate of drug-likeness (QED) is 0.717. The summed E-state index contributed by atoms with van der Waals surface area (Å²) in [5.41, 5.74) is 0. The maximum absolute atomic E-state index is 10.6. The molecule has 0 amide bonds. The molecule has 3 aromatic rings. The van der Waals surface area contributed by atoms with Gasteiger partial charge in [-0.3, -0.25) is 0 Å². The Balaban J connectivity index is 2.02. The molecule has 2 aliphatic rings. The molecule has 0 bridgehead atoms. The van der Waals surface area contributed by atoms with Gasteiger partial charge in [0, 0.05) is 16.2 Å². The Bertz CT molecular complexity index is 1040. The Kier molecular flexibility index (Phi) is 2.77. The van der Waals surface area contributed by atoms with Crippen molar-refractivity contribution in [2.24, 2.45) is 0 Å². The first-order valence-electron chi connectivity index (χ1n) is 7.65. The van der Waals surface area contributed by atoms with Crippen molar-refractivity contribution < 1.29 is 33.5 Å². The molecule has 1 N–H and O–H groups in total. The van der Waals surface area contributed by atoms with E-state index in [0.29, 0.717) is 45.3 Å². The van der Waals surface area contributed by atoms with Crippen LogP contribution in [0.4, 0.5) is 0 Å². The molecule has 0 aliphatic carbocycles. The Labute approximate surface area is 142 Å². The first kappa shape index (κ1) is 14.2. The Morgan fingerprint density at radius 3 is 1.96 bits per heavy atom. The van der Waals surface area contributed by atoms with Gasteiger partial charge in [0.2, 0.25) is 25.1 Å². The van der Waals surface area contributed by atoms with Crippen LogP contribution in [-0.2, 0) is 0 Å². The van der Waals surface area contributed by atoms with E-state index >= 15 is 0 Å². The van der Waals surface area contributed by atoms with E-state index in [2.05, 4.69) is 0 Å². The van der Waals surface area contributed by atoms with E-state index in [4.69, 9.17) is 28.4 Å². The number of phenols is 1. The Morgan fingerprint density at radius 2 is 1.32 bits per heavy atom. The zero-order chi connectivity index (χ0) is 17.1. The smallest absolute Gasteiger partial charge is 0.231 e. The van der Waals surface area contributed by atoms with Crippen molar-refractivity contribution in [3.05, 3.63) is 18.2 Å². The standard InChI is InChI=1S/C18H14O7/c1-20-11-4-8-3-10(19)9-5-12(21-2)16-18(25-7-23-16)14(9)13(8)17-15(11)22-6-24-17/h3-5,19H,6-7H2,1-2H3. The van der Waals surface area contributed by atoms with E-state index in [1.807, 2.05) is 0 Å². The minimum Gasteiger partial charge on any atom is -0.507 e. The van der Waals surface area contributed by atoms with Gasteiger partial charge < -0.3 is 33.5 Å². The molecule has 5 rings (SSSR count). The normalized spacial score (nSPS) is 14.3.